The van der Waals surface area contributed by atoms with Gasteiger partial charge in [-0.1, -0.05) is 11.2 Å². The summed E-state index contributed by atoms with van der Waals surface area (Å²) in [5.74, 6) is 1.90. The van der Waals surface area contributed by atoms with Crippen LogP contribution in [0.5, 0.6) is 0 Å². The van der Waals surface area contributed by atoms with Crippen LogP contribution < -0.4 is 0 Å². The quantitative estimate of drug-likeness (QED) is 0.704. The van der Waals surface area contributed by atoms with Gasteiger partial charge in [0.2, 0.25) is 11.7 Å². The zero-order chi connectivity index (χ0) is 17.8. The van der Waals surface area contributed by atoms with E-state index in [1.165, 1.54) is 5.56 Å². The molecule has 0 radical (unpaired) electrons. The fourth-order valence-electron chi connectivity index (χ4n) is 3.45. The zero-order valence-electron chi connectivity index (χ0n) is 15.0. The smallest absolute Gasteiger partial charge is 0.227 e. The molecule has 1 aliphatic heterocycles. The summed E-state index contributed by atoms with van der Waals surface area (Å²) in [5, 5.41) is 4.10. The Balaban J connectivity index is 1.31. The van der Waals surface area contributed by atoms with E-state index in [4.69, 9.17) is 4.52 Å². The molecule has 1 aliphatic rings. The van der Waals surface area contributed by atoms with Crippen LogP contribution in [0.1, 0.15) is 30.0 Å². The van der Waals surface area contributed by atoms with Crippen molar-refractivity contribution in [2.75, 3.05) is 13.1 Å². The van der Waals surface area contributed by atoms with Crippen molar-refractivity contribution in [2.24, 2.45) is 5.92 Å². The number of nitrogens with zero attached hydrogens (tertiary/aromatic N) is 5. The van der Waals surface area contributed by atoms with Gasteiger partial charge in [-0.2, -0.15) is 4.98 Å². The monoisotopic (exact) mass is 349 g/mol. The number of likely N-dealkylation sites (tertiary alicyclic amines) is 1. The number of piperidine rings is 1. The summed E-state index contributed by atoms with van der Waals surface area (Å²) in [7, 11) is 0. The van der Waals surface area contributed by atoms with Gasteiger partial charge >= 0.3 is 0 Å². The predicted molar refractivity (Wildman–Crippen MR) is 98.2 cm³/mol. The van der Waals surface area contributed by atoms with Crippen LogP contribution in [-0.2, 0) is 13.0 Å². The number of hydrogen-bond acceptors (Lipinski definition) is 6. The topological polar surface area (TPSA) is 67.9 Å². The van der Waals surface area contributed by atoms with Gasteiger partial charge in [0.25, 0.3) is 0 Å². The Morgan fingerprint density at radius 2 is 1.88 bits per heavy atom. The van der Waals surface area contributed by atoms with Gasteiger partial charge in [0.1, 0.15) is 5.69 Å². The molecule has 0 aromatic carbocycles. The van der Waals surface area contributed by atoms with E-state index in [-0.39, 0.29) is 0 Å². The average Bonchev–Trinajstić information content (AvgIpc) is 3.13. The Kier molecular flexibility index (Phi) is 5.02. The maximum Gasteiger partial charge on any atom is 0.227 e. The third-order valence-corrected chi connectivity index (χ3v) is 4.91. The van der Waals surface area contributed by atoms with Crippen molar-refractivity contribution >= 4 is 0 Å². The average molecular weight is 349 g/mol. The highest BCUT2D eigenvalue weighted by molar-refractivity contribution is 5.47. The van der Waals surface area contributed by atoms with E-state index >= 15 is 0 Å². The highest BCUT2D eigenvalue weighted by Gasteiger charge is 2.22. The Labute approximate surface area is 153 Å². The van der Waals surface area contributed by atoms with E-state index in [0.29, 0.717) is 11.7 Å². The van der Waals surface area contributed by atoms with Crippen LogP contribution in [0.2, 0.25) is 0 Å². The van der Waals surface area contributed by atoms with Gasteiger partial charge in [0.05, 0.1) is 0 Å². The van der Waals surface area contributed by atoms with Crippen LogP contribution in [0.15, 0.2) is 47.2 Å². The lowest BCUT2D eigenvalue weighted by Gasteiger charge is -2.31. The maximum atomic E-state index is 5.46. The number of aromatic nitrogens is 4. The molecule has 6 nitrogen and oxygen atoms in total. The van der Waals surface area contributed by atoms with Crippen molar-refractivity contribution in [2.45, 2.75) is 32.7 Å². The predicted octanol–water partition coefficient (Wildman–Crippen LogP) is 3.29. The molecule has 0 N–H and O–H groups in total. The third-order valence-electron chi connectivity index (χ3n) is 4.91. The molecule has 0 spiro atoms. The van der Waals surface area contributed by atoms with Crippen LogP contribution in [-0.4, -0.2) is 38.1 Å². The van der Waals surface area contributed by atoms with Crippen molar-refractivity contribution in [3.8, 4) is 11.5 Å². The van der Waals surface area contributed by atoms with E-state index in [2.05, 4.69) is 37.1 Å². The first-order valence-electron chi connectivity index (χ1n) is 9.14. The second-order valence-corrected chi connectivity index (χ2v) is 6.96. The minimum atomic E-state index is 0.582. The molecule has 26 heavy (non-hydrogen) atoms. The summed E-state index contributed by atoms with van der Waals surface area (Å²) in [6, 6.07) is 10.0. The SMILES string of the molecule is Cc1cccc(-c2noc(CC3CCN(Cc4ccncc4)CC3)n2)n1. The Bertz CT molecular complexity index is 840. The lowest BCUT2D eigenvalue weighted by Crippen LogP contribution is -2.33. The molecule has 0 aliphatic carbocycles. The fourth-order valence-corrected chi connectivity index (χ4v) is 3.45. The van der Waals surface area contributed by atoms with Crippen molar-refractivity contribution in [1.82, 2.24) is 25.0 Å². The number of pyridine rings is 2. The molecule has 0 amide bonds. The van der Waals surface area contributed by atoms with E-state index in [0.717, 1.165) is 56.2 Å². The molecular weight excluding hydrogens is 326 g/mol. The molecular formula is C20H23N5O. The Hall–Kier alpha value is -2.60. The Morgan fingerprint density at radius 1 is 1.08 bits per heavy atom. The van der Waals surface area contributed by atoms with Crippen molar-refractivity contribution in [3.63, 3.8) is 0 Å². The molecule has 0 bridgehead atoms. The molecule has 0 atom stereocenters. The van der Waals surface area contributed by atoms with Crippen molar-refractivity contribution in [1.29, 1.82) is 0 Å². The van der Waals surface area contributed by atoms with Gasteiger partial charge < -0.3 is 4.52 Å². The molecule has 6 heteroatoms. The van der Waals surface area contributed by atoms with Gasteiger partial charge in [-0.25, -0.2) is 4.98 Å². The van der Waals surface area contributed by atoms with Crippen LogP contribution >= 0.6 is 0 Å². The summed E-state index contributed by atoms with van der Waals surface area (Å²) in [6.45, 7) is 5.17. The van der Waals surface area contributed by atoms with Crippen LogP contribution in [0.4, 0.5) is 0 Å². The van der Waals surface area contributed by atoms with Gasteiger partial charge in [-0.3, -0.25) is 9.88 Å². The molecule has 3 aromatic rings. The molecule has 134 valence electrons. The minimum Gasteiger partial charge on any atom is -0.339 e. The Morgan fingerprint density at radius 3 is 2.65 bits per heavy atom. The summed E-state index contributed by atoms with van der Waals surface area (Å²) in [6.07, 6.45) is 6.88. The largest absolute Gasteiger partial charge is 0.339 e. The molecule has 1 fully saturated rings. The molecule has 0 saturated carbocycles. The van der Waals surface area contributed by atoms with E-state index in [1.807, 2.05) is 37.5 Å². The van der Waals surface area contributed by atoms with Crippen molar-refractivity contribution < 1.29 is 4.52 Å². The molecule has 4 rings (SSSR count). The van der Waals surface area contributed by atoms with Crippen molar-refractivity contribution in [3.05, 3.63) is 59.9 Å². The highest BCUT2D eigenvalue weighted by atomic mass is 16.5. The normalized spacial score (nSPS) is 16.0. The highest BCUT2D eigenvalue weighted by Crippen LogP contribution is 2.23. The maximum absolute atomic E-state index is 5.46. The van der Waals surface area contributed by atoms with Gasteiger partial charge in [0, 0.05) is 31.1 Å². The van der Waals surface area contributed by atoms with E-state index in [1.54, 1.807) is 0 Å². The standard InChI is InChI=1S/C20H23N5O/c1-15-3-2-4-18(22-15)20-23-19(26-24-20)13-16-7-11-25(12-8-16)14-17-5-9-21-10-6-17/h2-6,9-10,16H,7-8,11-14H2,1H3. The number of hydrogen-bond donors (Lipinski definition) is 0. The zero-order valence-corrected chi connectivity index (χ0v) is 15.0. The fraction of sp³-hybridized carbons (Fsp3) is 0.400. The first kappa shape index (κ1) is 16.8. The second kappa shape index (κ2) is 7.74. The molecule has 0 unspecified atom stereocenters. The summed E-state index contributed by atoms with van der Waals surface area (Å²) in [4.78, 5) is 15.6. The van der Waals surface area contributed by atoms with Crippen LogP contribution in [0.3, 0.4) is 0 Å². The number of rotatable bonds is 5. The lowest BCUT2D eigenvalue weighted by molar-refractivity contribution is 0.171. The molecule has 4 heterocycles. The van der Waals surface area contributed by atoms with Crippen LogP contribution in [0.25, 0.3) is 11.5 Å². The summed E-state index contributed by atoms with van der Waals surface area (Å²) < 4.78 is 5.46. The summed E-state index contributed by atoms with van der Waals surface area (Å²) in [5.41, 5.74) is 3.05. The molecule has 3 aromatic heterocycles. The van der Waals surface area contributed by atoms with Gasteiger partial charge in [0.15, 0.2) is 0 Å². The number of aryl methyl sites for hydroxylation is 1. The van der Waals surface area contributed by atoms with E-state index in [9.17, 15) is 0 Å². The summed E-state index contributed by atoms with van der Waals surface area (Å²) >= 11 is 0. The third kappa shape index (κ3) is 4.14. The van der Waals surface area contributed by atoms with Gasteiger partial charge in [-0.05, 0) is 68.6 Å². The molecule has 1 saturated heterocycles. The lowest BCUT2D eigenvalue weighted by atomic mass is 9.93. The van der Waals surface area contributed by atoms with Crippen LogP contribution in [0, 0.1) is 12.8 Å². The van der Waals surface area contributed by atoms with Gasteiger partial charge in [-0.15, -0.1) is 0 Å². The van der Waals surface area contributed by atoms with E-state index < -0.39 is 0 Å². The first-order valence-corrected chi connectivity index (χ1v) is 9.14. The first-order chi connectivity index (χ1) is 12.8. The second-order valence-electron chi connectivity index (χ2n) is 6.96. The minimum absolute atomic E-state index is 0.582.